The van der Waals surface area contributed by atoms with E-state index in [2.05, 4.69) is 23.8 Å². The average Bonchev–Trinajstić information content (AvgIpc) is 2.65. The fraction of sp³-hybridized carbons (Fsp3) is 0.875. The van der Waals surface area contributed by atoms with Crippen LogP contribution in [0.2, 0.25) is 0 Å². The Bertz CT molecular complexity index is 213. The van der Waals surface area contributed by atoms with Crippen LogP contribution in [0, 0.1) is 11.3 Å². The zero-order chi connectivity index (χ0) is 6.98. The molecule has 1 saturated heterocycles. The molecule has 0 radical (unpaired) electrons. The van der Waals surface area contributed by atoms with Gasteiger partial charge in [0.1, 0.15) is 0 Å². The Kier molecular flexibility index (Phi) is 0.675. The molecular weight excluding hydrogens is 142 g/mol. The van der Waals surface area contributed by atoms with E-state index in [9.17, 15) is 0 Å². The SMILES string of the molecule is C[C@@]12C=NS3(C)CC3C1C2. The second-order valence-electron chi connectivity index (χ2n) is 4.36. The third-order valence-electron chi connectivity index (χ3n) is 3.42. The molecule has 56 valence electrons. The van der Waals surface area contributed by atoms with Crippen molar-refractivity contribution in [2.45, 2.75) is 18.6 Å². The van der Waals surface area contributed by atoms with Gasteiger partial charge in [0.2, 0.25) is 0 Å². The van der Waals surface area contributed by atoms with Crippen molar-refractivity contribution < 1.29 is 0 Å². The van der Waals surface area contributed by atoms with Crippen LogP contribution in [0.15, 0.2) is 4.40 Å². The number of hydrogen-bond acceptors (Lipinski definition) is 1. The lowest BCUT2D eigenvalue weighted by Crippen LogP contribution is -2.08. The van der Waals surface area contributed by atoms with Crippen molar-refractivity contribution in [3.63, 3.8) is 0 Å². The summed E-state index contributed by atoms with van der Waals surface area (Å²) in [7, 11) is -0.392. The van der Waals surface area contributed by atoms with E-state index in [1.54, 1.807) is 0 Å². The predicted molar refractivity (Wildman–Crippen MR) is 46.9 cm³/mol. The van der Waals surface area contributed by atoms with Gasteiger partial charge in [-0.25, -0.2) is 4.40 Å². The minimum Gasteiger partial charge on any atom is -0.249 e. The van der Waals surface area contributed by atoms with Crippen LogP contribution in [-0.4, -0.2) is 23.5 Å². The van der Waals surface area contributed by atoms with Crippen molar-refractivity contribution in [2.24, 2.45) is 15.7 Å². The van der Waals surface area contributed by atoms with Gasteiger partial charge in [-0.3, -0.25) is 0 Å². The first kappa shape index (κ1) is 5.64. The number of nitrogens with zero attached hydrogens (tertiary/aromatic N) is 1. The maximum Gasteiger partial charge on any atom is 0.0196 e. The van der Waals surface area contributed by atoms with Crippen LogP contribution < -0.4 is 0 Å². The van der Waals surface area contributed by atoms with Gasteiger partial charge in [-0.15, -0.1) is 10.2 Å². The predicted octanol–water partition coefficient (Wildman–Crippen LogP) is 1.83. The summed E-state index contributed by atoms with van der Waals surface area (Å²) in [4.78, 5) is 0. The van der Waals surface area contributed by atoms with Gasteiger partial charge in [-0.05, 0) is 18.6 Å². The average molecular weight is 155 g/mol. The van der Waals surface area contributed by atoms with Crippen LogP contribution >= 0.6 is 10.2 Å². The molecule has 2 heterocycles. The highest BCUT2D eigenvalue weighted by Crippen LogP contribution is 2.79. The summed E-state index contributed by atoms with van der Waals surface area (Å²) in [5.41, 5.74) is 0.563. The van der Waals surface area contributed by atoms with Gasteiger partial charge in [0.05, 0.1) is 0 Å². The maximum atomic E-state index is 4.69. The van der Waals surface area contributed by atoms with E-state index in [0.29, 0.717) is 5.41 Å². The summed E-state index contributed by atoms with van der Waals surface area (Å²) in [6.45, 7) is 2.36. The van der Waals surface area contributed by atoms with Gasteiger partial charge < -0.3 is 0 Å². The first-order valence-electron chi connectivity index (χ1n) is 3.95. The molecule has 3 rings (SSSR count). The fourth-order valence-electron chi connectivity index (χ4n) is 2.24. The Hall–Kier alpha value is 0.0200. The van der Waals surface area contributed by atoms with Gasteiger partial charge in [0.15, 0.2) is 0 Å². The maximum absolute atomic E-state index is 4.69. The molecule has 0 aromatic heterocycles. The molecule has 2 aliphatic heterocycles. The molecular formula is C8H13NS. The zero-order valence-corrected chi connectivity index (χ0v) is 7.32. The van der Waals surface area contributed by atoms with E-state index in [4.69, 9.17) is 0 Å². The van der Waals surface area contributed by atoms with E-state index >= 15 is 0 Å². The van der Waals surface area contributed by atoms with Crippen molar-refractivity contribution in [2.75, 3.05) is 12.0 Å². The van der Waals surface area contributed by atoms with Crippen LogP contribution in [0.4, 0.5) is 0 Å². The minimum absolute atomic E-state index is 0.392. The molecule has 0 aromatic rings. The Morgan fingerprint density at radius 2 is 2.50 bits per heavy atom. The smallest absolute Gasteiger partial charge is 0.0196 e. The Morgan fingerprint density at radius 3 is 3.20 bits per heavy atom. The second kappa shape index (κ2) is 1.20. The molecule has 0 bridgehead atoms. The molecule has 3 unspecified atom stereocenters. The van der Waals surface area contributed by atoms with E-state index in [0.717, 1.165) is 11.2 Å². The minimum atomic E-state index is -0.392. The van der Waals surface area contributed by atoms with Gasteiger partial charge in [-0.2, -0.15) is 0 Å². The molecule has 10 heavy (non-hydrogen) atoms. The van der Waals surface area contributed by atoms with Crippen LogP contribution in [-0.2, 0) is 0 Å². The standard InChI is InChI=1S/C8H13NS/c1-8-3-6(8)7-4-10(7,2)9-5-8/h5-7H,3-4H2,1-2H3/t6?,7?,8-/m1/s1. The molecule has 4 atom stereocenters. The van der Waals surface area contributed by atoms with Crippen molar-refractivity contribution in [3.05, 3.63) is 0 Å². The second-order valence-corrected chi connectivity index (χ2v) is 7.73. The third-order valence-corrected chi connectivity index (χ3v) is 6.41. The largest absolute Gasteiger partial charge is 0.249 e. The highest BCUT2D eigenvalue weighted by atomic mass is 32.3. The molecule has 0 N–H and O–H groups in total. The van der Waals surface area contributed by atoms with Crippen molar-refractivity contribution >= 4 is 16.4 Å². The first-order chi connectivity index (χ1) is 4.64. The highest BCUT2D eigenvalue weighted by Gasteiger charge is 2.66. The van der Waals surface area contributed by atoms with Crippen LogP contribution in [0.25, 0.3) is 0 Å². The van der Waals surface area contributed by atoms with Crippen molar-refractivity contribution in [1.82, 2.24) is 0 Å². The van der Waals surface area contributed by atoms with Crippen LogP contribution in [0.3, 0.4) is 0 Å². The molecule has 1 nitrogen and oxygen atoms in total. The summed E-state index contributed by atoms with van der Waals surface area (Å²) in [5, 5.41) is 1.04. The van der Waals surface area contributed by atoms with E-state index in [1.807, 2.05) is 0 Å². The molecule has 1 aliphatic carbocycles. The van der Waals surface area contributed by atoms with Gasteiger partial charge in [0.25, 0.3) is 0 Å². The molecule has 1 saturated carbocycles. The molecule has 0 aromatic carbocycles. The summed E-state index contributed by atoms with van der Waals surface area (Å²) >= 11 is 0. The summed E-state index contributed by atoms with van der Waals surface area (Å²) < 4.78 is 4.69. The van der Waals surface area contributed by atoms with Crippen LogP contribution in [0.5, 0.6) is 0 Å². The van der Waals surface area contributed by atoms with Crippen LogP contribution in [0.1, 0.15) is 13.3 Å². The Labute approximate surface area is 63.4 Å². The lowest BCUT2D eigenvalue weighted by molar-refractivity contribution is 0.690. The van der Waals surface area contributed by atoms with E-state index in [-0.39, 0.29) is 0 Å². The molecule has 0 spiro atoms. The topological polar surface area (TPSA) is 12.4 Å². The number of fused-ring (bicyclic) bond motifs is 3. The van der Waals surface area contributed by atoms with E-state index in [1.165, 1.54) is 12.2 Å². The monoisotopic (exact) mass is 155 g/mol. The van der Waals surface area contributed by atoms with Crippen molar-refractivity contribution in [1.29, 1.82) is 0 Å². The molecule has 3 aliphatic rings. The summed E-state index contributed by atoms with van der Waals surface area (Å²) in [6.07, 6.45) is 6.08. The third kappa shape index (κ3) is 0.469. The normalized spacial score (nSPS) is 75.0. The quantitative estimate of drug-likeness (QED) is 0.473. The lowest BCUT2D eigenvalue weighted by atomic mass is 10.1. The molecule has 2 fully saturated rings. The van der Waals surface area contributed by atoms with Crippen molar-refractivity contribution in [3.8, 4) is 0 Å². The number of hydrogen-bond donors (Lipinski definition) is 0. The fourth-order valence-corrected chi connectivity index (χ4v) is 5.49. The van der Waals surface area contributed by atoms with Gasteiger partial charge >= 0.3 is 0 Å². The highest BCUT2D eigenvalue weighted by molar-refractivity contribution is 8.38. The first-order valence-corrected chi connectivity index (χ1v) is 6.18. The Balaban J connectivity index is 2.04. The zero-order valence-electron chi connectivity index (χ0n) is 6.50. The lowest BCUT2D eigenvalue weighted by Gasteiger charge is -2.17. The summed E-state index contributed by atoms with van der Waals surface area (Å²) in [5.74, 6) is 2.49. The number of rotatable bonds is 0. The van der Waals surface area contributed by atoms with Gasteiger partial charge in [0, 0.05) is 22.6 Å². The molecule has 2 heteroatoms. The van der Waals surface area contributed by atoms with Gasteiger partial charge in [-0.1, -0.05) is 6.92 Å². The Morgan fingerprint density at radius 1 is 1.70 bits per heavy atom. The molecule has 0 amide bonds. The van der Waals surface area contributed by atoms with E-state index < -0.39 is 10.2 Å². The summed E-state index contributed by atoms with van der Waals surface area (Å²) in [6, 6.07) is 0.